The molecular formula is C37H44N2O3. The Morgan fingerprint density at radius 2 is 1.00 bits per heavy atom. The maximum absolute atomic E-state index is 6.40. The van der Waals surface area contributed by atoms with Crippen LogP contribution in [0, 0.1) is 11.8 Å². The van der Waals surface area contributed by atoms with Gasteiger partial charge in [0, 0.05) is 24.9 Å². The molecule has 42 heavy (non-hydrogen) atoms. The fraction of sp³-hybridized carbons (Fsp3) is 0.351. The van der Waals surface area contributed by atoms with Crippen molar-refractivity contribution in [2.75, 3.05) is 33.3 Å². The van der Waals surface area contributed by atoms with Crippen molar-refractivity contribution in [3.63, 3.8) is 0 Å². The molecule has 2 saturated heterocycles. The smallest absolute Gasteiger partial charge is 0.162 e. The highest BCUT2D eigenvalue weighted by Crippen LogP contribution is 2.36. The lowest BCUT2D eigenvalue weighted by Gasteiger charge is -2.32. The first-order chi connectivity index (χ1) is 20.8. The number of hydrogen-bond acceptors (Lipinski definition) is 5. The summed E-state index contributed by atoms with van der Waals surface area (Å²) < 4.78 is 18.1. The predicted octanol–water partition coefficient (Wildman–Crippen LogP) is 7.62. The third-order valence-electron chi connectivity index (χ3n) is 8.11. The van der Waals surface area contributed by atoms with Crippen LogP contribution < -0.4 is 24.8 Å². The summed E-state index contributed by atoms with van der Waals surface area (Å²) >= 11 is 0. The zero-order valence-electron chi connectivity index (χ0n) is 24.7. The zero-order valence-corrected chi connectivity index (χ0v) is 24.7. The summed E-state index contributed by atoms with van der Waals surface area (Å²) in [6.07, 6.45) is 5.01. The minimum absolute atomic E-state index is 0.0466. The summed E-state index contributed by atoms with van der Waals surface area (Å²) in [5.74, 6) is 3.55. The van der Waals surface area contributed by atoms with E-state index in [-0.39, 0.29) is 12.2 Å². The maximum atomic E-state index is 6.40. The fourth-order valence-electron chi connectivity index (χ4n) is 5.93. The van der Waals surface area contributed by atoms with Crippen LogP contribution in [0.25, 0.3) is 0 Å². The van der Waals surface area contributed by atoms with Crippen molar-refractivity contribution >= 4 is 0 Å². The molecule has 2 aliphatic heterocycles. The van der Waals surface area contributed by atoms with Gasteiger partial charge in [0.2, 0.25) is 0 Å². The van der Waals surface area contributed by atoms with Crippen molar-refractivity contribution in [3.05, 3.63) is 126 Å². The van der Waals surface area contributed by atoms with E-state index in [1.54, 1.807) is 7.11 Å². The largest absolute Gasteiger partial charge is 0.493 e. The molecule has 220 valence electrons. The zero-order chi connectivity index (χ0) is 28.8. The van der Waals surface area contributed by atoms with Crippen LogP contribution in [0.4, 0.5) is 0 Å². The Hall–Kier alpha value is -3.80. The van der Waals surface area contributed by atoms with Crippen molar-refractivity contribution in [2.24, 2.45) is 11.8 Å². The molecule has 0 saturated carbocycles. The summed E-state index contributed by atoms with van der Waals surface area (Å²) in [5, 5.41) is 6.98. The number of piperidine rings is 2. The molecule has 2 heterocycles. The van der Waals surface area contributed by atoms with Crippen molar-refractivity contribution in [2.45, 2.75) is 37.9 Å². The van der Waals surface area contributed by atoms with Crippen LogP contribution in [0.2, 0.25) is 0 Å². The van der Waals surface area contributed by atoms with Gasteiger partial charge in [-0.15, -0.1) is 0 Å². The number of methoxy groups -OCH3 is 1. The minimum Gasteiger partial charge on any atom is -0.493 e. The summed E-state index contributed by atoms with van der Waals surface area (Å²) in [5.41, 5.74) is 2.49. The summed E-state index contributed by atoms with van der Waals surface area (Å²) in [4.78, 5) is 0. The summed E-state index contributed by atoms with van der Waals surface area (Å²) in [7, 11) is 1.68. The number of benzene rings is 4. The van der Waals surface area contributed by atoms with Crippen LogP contribution in [0.15, 0.2) is 115 Å². The highest BCUT2D eigenvalue weighted by atomic mass is 16.5. The number of ether oxygens (including phenoxy) is 3. The van der Waals surface area contributed by atoms with Gasteiger partial charge in [0.15, 0.2) is 11.5 Å². The first-order valence-corrected chi connectivity index (χ1v) is 15.3. The van der Waals surface area contributed by atoms with Crippen LogP contribution in [0.5, 0.6) is 17.2 Å². The second kappa shape index (κ2) is 16.0. The Kier molecular flexibility index (Phi) is 11.3. The van der Waals surface area contributed by atoms with Gasteiger partial charge in [0.25, 0.3) is 0 Å². The lowest BCUT2D eigenvalue weighted by Crippen LogP contribution is -2.35. The number of nitrogens with one attached hydrogen (secondary N) is 2. The molecule has 0 aromatic heterocycles. The third-order valence-corrected chi connectivity index (χ3v) is 8.11. The molecule has 0 radical (unpaired) electrons. The Morgan fingerprint density at radius 1 is 0.548 bits per heavy atom. The van der Waals surface area contributed by atoms with Gasteiger partial charge in [-0.05, 0) is 74.2 Å². The van der Waals surface area contributed by atoms with Gasteiger partial charge >= 0.3 is 0 Å². The van der Waals surface area contributed by atoms with Crippen LogP contribution in [-0.4, -0.2) is 33.3 Å². The highest BCUT2D eigenvalue weighted by Gasteiger charge is 2.28. The molecule has 4 unspecified atom stereocenters. The third kappa shape index (κ3) is 8.37. The van der Waals surface area contributed by atoms with E-state index >= 15 is 0 Å². The van der Waals surface area contributed by atoms with Crippen LogP contribution >= 0.6 is 0 Å². The molecule has 2 fully saturated rings. The van der Waals surface area contributed by atoms with Gasteiger partial charge in [-0.3, -0.25) is 0 Å². The second-order valence-corrected chi connectivity index (χ2v) is 11.1. The first-order valence-electron chi connectivity index (χ1n) is 15.3. The quantitative estimate of drug-likeness (QED) is 0.219. The lowest BCUT2D eigenvalue weighted by molar-refractivity contribution is 0.112. The Bertz CT molecular complexity index is 1290. The fourth-order valence-corrected chi connectivity index (χ4v) is 5.93. The van der Waals surface area contributed by atoms with E-state index in [1.165, 1.54) is 36.8 Å². The first kappa shape index (κ1) is 29.7. The minimum atomic E-state index is 0.0466. The van der Waals surface area contributed by atoms with E-state index in [0.717, 1.165) is 43.4 Å². The van der Waals surface area contributed by atoms with Crippen LogP contribution in [0.3, 0.4) is 0 Å². The van der Waals surface area contributed by atoms with E-state index in [9.17, 15) is 0 Å². The van der Waals surface area contributed by atoms with E-state index in [2.05, 4.69) is 65.2 Å². The molecule has 0 amide bonds. The van der Waals surface area contributed by atoms with Gasteiger partial charge in [0.1, 0.15) is 18.0 Å². The van der Waals surface area contributed by atoms with Gasteiger partial charge in [0.05, 0.1) is 7.11 Å². The maximum Gasteiger partial charge on any atom is 0.162 e. The Balaban J connectivity index is 0.000000169. The molecule has 4 aromatic rings. The molecule has 6 rings (SSSR count). The molecule has 4 aromatic carbocycles. The molecule has 0 aliphatic carbocycles. The van der Waals surface area contributed by atoms with E-state index in [1.807, 2.05) is 60.7 Å². The molecular weight excluding hydrogens is 520 g/mol. The van der Waals surface area contributed by atoms with Gasteiger partial charge < -0.3 is 24.8 Å². The van der Waals surface area contributed by atoms with Crippen molar-refractivity contribution < 1.29 is 14.2 Å². The van der Waals surface area contributed by atoms with Crippen LogP contribution in [0.1, 0.15) is 49.0 Å². The predicted molar refractivity (Wildman–Crippen MR) is 170 cm³/mol. The molecule has 2 N–H and O–H groups in total. The lowest BCUT2D eigenvalue weighted by atomic mass is 9.89. The van der Waals surface area contributed by atoms with E-state index < -0.39 is 0 Å². The number of rotatable bonds is 9. The molecule has 5 heteroatoms. The number of hydrogen-bond donors (Lipinski definition) is 2. The Labute approximate surface area is 251 Å². The van der Waals surface area contributed by atoms with Crippen molar-refractivity contribution in [1.29, 1.82) is 0 Å². The van der Waals surface area contributed by atoms with E-state index in [4.69, 9.17) is 14.2 Å². The molecule has 4 atom stereocenters. The monoisotopic (exact) mass is 564 g/mol. The summed E-state index contributed by atoms with van der Waals surface area (Å²) in [6, 6.07) is 39.1. The average Bonchev–Trinajstić information content (AvgIpc) is 3.08. The van der Waals surface area contributed by atoms with Gasteiger partial charge in [-0.25, -0.2) is 0 Å². The van der Waals surface area contributed by atoms with Crippen molar-refractivity contribution in [3.8, 4) is 17.2 Å². The van der Waals surface area contributed by atoms with Crippen LogP contribution in [-0.2, 0) is 0 Å². The van der Waals surface area contributed by atoms with E-state index in [0.29, 0.717) is 11.8 Å². The van der Waals surface area contributed by atoms with Crippen molar-refractivity contribution in [1.82, 2.24) is 10.6 Å². The molecule has 0 bridgehead atoms. The second-order valence-electron chi connectivity index (χ2n) is 11.1. The normalized spacial score (nSPS) is 19.8. The van der Waals surface area contributed by atoms with Gasteiger partial charge in [-0.2, -0.15) is 0 Å². The van der Waals surface area contributed by atoms with Gasteiger partial charge in [-0.1, -0.05) is 91.0 Å². The number of para-hydroxylation sites is 3. The Morgan fingerprint density at radius 3 is 1.48 bits per heavy atom. The average molecular weight is 565 g/mol. The molecule has 5 nitrogen and oxygen atoms in total. The molecule has 2 aliphatic rings. The standard InChI is InChI=1S/C19H23NO2.C18H21NO/c1-21-17-11-5-6-12-18(17)22-19(15-8-3-2-4-9-15)16-10-7-13-20-14-16;1-3-8-15(9-4-1)18(16-10-7-13-19-14-16)20-17-11-5-2-6-12-17/h2-6,8-9,11-12,16,19-20H,7,10,13-14H2,1H3;1-6,8-9,11-12,16,18-19H,7,10,13-14H2. The SMILES string of the molecule is COc1ccccc1OC(c1ccccc1)C1CCCNC1.c1ccc(OC(c2ccccc2)C2CCCNC2)cc1. The topological polar surface area (TPSA) is 51.8 Å². The highest BCUT2D eigenvalue weighted by molar-refractivity contribution is 5.40. The summed E-state index contributed by atoms with van der Waals surface area (Å²) in [6.45, 7) is 4.26. The molecule has 0 spiro atoms.